The number of nitrogens with two attached hydrogens (primary N) is 2. The number of pyridine rings is 1. The molecule has 0 saturated carbocycles. The number of aryl methyl sites for hydroxylation is 1. The predicted molar refractivity (Wildman–Crippen MR) is 146 cm³/mol. The average molecular weight is 613 g/mol. The van der Waals surface area contributed by atoms with Crippen LogP contribution in [-0.2, 0) is 24.4 Å². The first-order chi connectivity index (χ1) is 19.5. The number of nitrogens with one attached hydrogen (secondary N) is 4. The van der Waals surface area contributed by atoms with E-state index < -0.39 is 45.5 Å². The predicted octanol–water partition coefficient (Wildman–Crippen LogP) is 2.16. The number of rotatable bonds is 10. The number of benzene rings is 2. The van der Waals surface area contributed by atoms with Crippen LogP contribution in [0.5, 0.6) is 0 Å². The standard InChI is InChI=1S/C23H26N6O5S.C2HF3O2/c1-14-13-19(18(21(24)30)11-12-34-28-23(25)26)20(22(31)27-14)29-35(32,33)17-9-7-16(8-10-17)15-5-3-2-4-6-15;3-2(4,5)1(6)7/h2-10,13,18,29H,11-12H2,1H3,(H2,24,30)(H,27,31)(H4,25,26,28);(H,6,7). The molecule has 3 aromatic rings. The Labute approximate surface area is 237 Å². The van der Waals surface area contributed by atoms with E-state index >= 15 is 0 Å². The van der Waals surface area contributed by atoms with Gasteiger partial charge in [-0.05, 0) is 48.2 Å². The topological polar surface area (TPSA) is 231 Å². The van der Waals surface area contributed by atoms with Crippen molar-refractivity contribution in [3.05, 3.63) is 82.3 Å². The number of hydrogen-bond acceptors (Lipinski definition) is 7. The van der Waals surface area contributed by atoms with Gasteiger partial charge in [0.15, 0.2) is 0 Å². The highest BCUT2D eigenvalue weighted by molar-refractivity contribution is 7.92. The van der Waals surface area contributed by atoms with E-state index in [1.54, 1.807) is 19.1 Å². The average Bonchev–Trinajstić information content (AvgIpc) is 2.90. The van der Waals surface area contributed by atoms with E-state index in [2.05, 4.69) is 15.2 Å². The van der Waals surface area contributed by atoms with E-state index in [0.717, 1.165) is 11.1 Å². The molecule has 1 aromatic heterocycles. The van der Waals surface area contributed by atoms with Gasteiger partial charge in [0.2, 0.25) is 11.9 Å². The quantitative estimate of drug-likeness (QED) is 0.0768. The molecule has 0 saturated heterocycles. The molecule has 0 aliphatic carbocycles. The molecule has 42 heavy (non-hydrogen) atoms. The van der Waals surface area contributed by atoms with Gasteiger partial charge in [-0.15, -0.1) is 0 Å². The lowest BCUT2D eigenvalue weighted by atomic mass is 9.94. The Hall–Kier alpha value is -4.90. The summed E-state index contributed by atoms with van der Waals surface area (Å²) in [6.45, 7) is 1.50. The maximum Gasteiger partial charge on any atom is 0.490 e. The van der Waals surface area contributed by atoms with Crippen LogP contribution in [0.15, 0.2) is 70.4 Å². The Morgan fingerprint density at radius 1 is 1.07 bits per heavy atom. The van der Waals surface area contributed by atoms with Crippen molar-refractivity contribution in [1.29, 1.82) is 5.41 Å². The number of anilines is 1. The second-order valence-electron chi connectivity index (χ2n) is 8.52. The third-order valence-corrected chi connectivity index (χ3v) is 6.72. The number of carbonyl (C=O) groups is 2. The Balaban J connectivity index is 0.000000782. The highest BCUT2D eigenvalue weighted by Gasteiger charge is 2.38. The van der Waals surface area contributed by atoms with Crippen LogP contribution in [-0.4, -0.2) is 49.1 Å². The molecule has 0 bridgehead atoms. The zero-order valence-corrected chi connectivity index (χ0v) is 22.7. The highest BCUT2D eigenvalue weighted by Crippen LogP contribution is 2.28. The summed E-state index contributed by atoms with van der Waals surface area (Å²) in [6, 6.07) is 17.1. The highest BCUT2D eigenvalue weighted by atomic mass is 32.2. The molecule has 9 N–H and O–H groups in total. The van der Waals surface area contributed by atoms with Gasteiger partial charge >= 0.3 is 12.1 Å². The van der Waals surface area contributed by atoms with Crippen LogP contribution >= 0.6 is 0 Å². The van der Waals surface area contributed by atoms with Gasteiger partial charge in [-0.1, -0.05) is 42.5 Å². The maximum absolute atomic E-state index is 13.1. The monoisotopic (exact) mass is 612 g/mol. The molecule has 0 radical (unpaired) electrons. The van der Waals surface area contributed by atoms with Gasteiger partial charge in [-0.2, -0.15) is 13.2 Å². The van der Waals surface area contributed by atoms with Crippen LogP contribution in [0.1, 0.15) is 23.6 Å². The summed E-state index contributed by atoms with van der Waals surface area (Å²) in [5.74, 6) is -5.02. The Bertz CT molecular complexity index is 1580. The van der Waals surface area contributed by atoms with Crippen LogP contribution in [0.25, 0.3) is 11.1 Å². The van der Waals surface area contributed by atoms with Crippen molar-refractivity contribution in [2.24, 2.45) is 11.5 Å². The summed E-state index contributed by atoms with van der Waals surface area (Å²) in [5, 5.41) is 14.2. The van der Waals surface area contributed by atoms with Gasteiger partial charge < -0.3 is 21.6 Å². The third-order valence-electron chi connectivity index (χ3n) is 5.36. The van der Waals surface area contributed by atoms with Gasteiger partial charge in [0.05, 0.1) is 17.4 Å². The molecule has 0 fully saturated rings. The number of H-pyrrole nitrogens is 1. The van der Waals surface area contributed by atoms with Gasteiger partial charge in [0, 0.05) is 5.69 Å². The van der Waals surface area contributed by atoms with Gasteiger partial charge in [0.25, 0.3) is 15.6 Å². The zero-order valence-electron chi connectivity index (χ0n) is 21.9. The second-order valence-corrected chi connectivity index (χ2v) is 10.2. The first kappa shape index (κ1) is 33.3. The number of aromatic amines is 1. The minimum absolute atomic E-state index is 0.000985. The number of sulfonamides is 1. The number of amides is 1. The van der Waals surface area contributed by atoms with E-state index in [9.17, 15) is 31.2 Å². The lowest BCUT2D eigenvalue weighted by Crippen LogP contribution is -2.32. The first-order valence-corrected chi connectivity index (χ1v) is 13.2. The summed E-state index contributed by atoms with van der Waals surface area (Å²) in [6.07, 6.45) is -5.08. The molecule has 2 aromatic carbocycles. The molecule has 0 aliphatic heterocycles. The van der Waals surface area contributed by atoms with Crippen molar-refractivity contribution in [2.45, 2.75) is 30.3 Å². The van der Waals surface area contributed by atoms with Crippen LogP contribution in [0, 0.1) is 12.3 Å². The molecule has 1 atom stereocenters. The van der Waals surface area contributed by atoms with E-state index in [4.69, 9.17) is 31.6 Å². The van der Waals surface area contributed by atoms with Crippen molar-refractivity contribution in [1.82, 2.24) is 10.5 Å². The number of carboxylic acid groups (broad SMARTS) is 1. The van der Waals surface area contributed by atoms with Gasteiger partial charge in [-0.25, -0.2) is 18.7 Å². The lowest BCUT2D eigenvalue weighted by molar-refractivity contribution is -0.192. The van der Waals surface area contributed by atoms with Gasteiger partial charge in [-0.3, -0.25) is 24.6 Å². The number of primary amides is 1. The molecule has 3 rings (SSSR count). The Morgan fingerprint density at radius 3 is 2.12 bits per heavy atom. The van der Waals surface area contributed by atoms with Crippen molar-refractivity contribution < 1.29 is 41.1 Å². The number of guanidine groups is 1. The van der Waals surface area contributed by atoms with Crippen LogP contribution in [0.2, 0.25) is 0 Å². The van der Waals surface area contributed by atoms with Gasteiger partial charge in [0.1, 0.15) is 5.69 Å². The number of aromatic nitrogens is 1. The number of hydrogen-bond donors (Lipinski definition) is 7. The summed E-state index contributed by atoms with van der Waals surface area (Å²) >= 11 is 0. The van der Waals surface area contributed by atoms with Crippen molar-refractivity contribution in [2.75, 3.05) is 11.3 Å². The number of hydroxylamine groups is 1. The summed E-state index contributed by atoms with van der Waals surface area (Å²) in [4.78, 5) is 41.3. The molecule has 13 nitrogen and oxygen atoms in total. The number of aliphatic carboxylic acids is 1. The maximum atomic E-state index is 13.1. The first-order valence-electron chi connectivity index (χ1n) is 11.8. The third kappa shape index (κ3) is 9.63. The molecule has 1 unspecified atom stereocenters. The summed E-state index contributed by atoms with van der Waals surface area (Å²) in [7, 11) is -4.18. The summed E-state index contributed by atoms with van der Waals surface area (Å²) < 4.78 is 60.3. The fourth-order valence-corrected chi connectivity index (χ4v) is 4.59. The molecule has 1 heterocycles. The number of carbonyl (C=O) groups excluding carboxylic acids is 1. The van der Waals surface area contributed by atoms with Crippen molar-refractivity contribution in [3.63, 3.8) is 0 Å². The van der Waals surface area contributed by atoms with E-state index in [1.165, 1.54) is 18.2 Å². The smallest absolute Gasteiger partial charge is 0.475 e. The van der Waals surface area contributed by atoms with Crippen LogP contribution < -0.4 is 27.2 Å². The number of carboxylic acids is 1. The normalized spacial score (nSPS) is 11.9. The SMILES string of the molecule is Cc1cc(C(CCONC(=N)N)C(N)=O)c(NS(=O)(=O)c2ccc(-c3ccccc3)cc2)c(=O)[nH]1.O=C(O)C(F)(F)F. The molecular weight excluding hydrogens is 585 g/mol. The van der Waals surface area contributed by atoms with Crippen molar-refractivity contribution >= 4 is 33.5 Å². The number of halogens is 3. The lowest BCUT2D eigenvalue weighted by Gasteiger charge is -2.19. The largest absolute Gasteiger partial charge is 0.490 e. The van der Waals surface area contributed by atoms with E-state index in [0.29, 0.717) is 5.69 Å². The Kier molecular flexibility index (Phi) is 11.2. The fraction of sp³-hybridized carbons (Fsp3) is 0.200. The zero-order chi connectivity index (χ0) is 31.7. The Morgan fingerprint density at radius 2 is 1.62 bits per heavy atom. The molecule has 0 aliphatic rings. The van der Waals surface area contributed by atoms with Crippen molar-refractivity contribution in [3.8, 4) is 11.1 Å². The molecule has 17 heteroatoms. The van der Waals surface area contributed by atoms with E-state index in [1.807, 2.05) is 30.3 Å². The molecule has 0 spiro atoms. The van der Waals surface area contributed by atoms with E-state index in [-0.39, 0.29) is 29.2 Å². The van der Waals surface area contributed by atoms with Crippen LogP contribution in [0.3, 0.4) is 0 Å². The summed E-state index contributed by atoms with van der Waals surface area (Å²) in [5.41, 5.74) is 14.1. The van der Waals surface area contributed by atoms with Crippen LogP contribution in [0.4, 0.5) is 18.9 Å². The molecular formula is C25H27F3N6O7S. The molecule has 1 amide bonds. The second kappa shape index (κ2) is 14.1. The minimum Gasteiger partial charge on any atom is -0.475 e. The minimum atomic E-state index is -5.08. The fourth-order valence-electron chi connectivity index (χ4n) is 3.50. The number of alkyl halides is 3. The molecule has 226 valence electrons.